The van der Waals surface area contributed by atoms with E-state index < -0.39 is 0 Å². The van der Waals surface area contributed by atoms with Gasteiger partial charge in [0, 0.05) is 5.56 Å². The number of hydrogen-bond donors (Lipinski definition) is 1. The van der Waals surface area contributed by atoms with Crippen LogP contribution in [0.1, 0.15) is 44.0 Å². The minimum absolute atomic E-state index is 0.0392. The van der Waals surface area contributed by atoms with Crippen LogP contribution in [-0.4, -0.2) is 24.8 Å². The van der Waals surface area contributed by atoms with Crippen LogP contribution in [0.15, 0.2) is 34.9 Å². The van der Waals surface area contributed by atoms with Crippen molar-refractivity contribution in [2.75, 3.05) is 7.11 Å². The maximum atomic E-state index is 12.1. The lowest BCUT2D eigenvalue weighted by Gasteiger charge is -2.14. The zero-order valence-electron chi connectivity index (χ0n) is 13.5. The number of ether oxygens (including phenoxy) is 2. The lowest BCUT2D eigenvalue weighted by molar-refractivity contribution is 0.0954. The minimum atomic E-state index is -0.264. The van der Waals surface area contributed by atoms with Gasteiger partial charge in [-0.25, -0.2) is 5.43 Å². The van der Waals surface area contributed by atoms with E-state index in [4.69, 9.17) is 9.47 Å². The van der Waals surface area contributed by atoms with Crippen LogP contribution in [0.5, 0.6) is 11.5 Å². The van der Waals surface area contributed by atoms with Crippen molar-refractivity contribution in [2.24, 2.45) is 5.10 Å². The summed E-state index contributed by atoms with van der Waals surface area (Å²) in [4.78, 5) is 12.1. The largest absolute Gasteiger partial charge is 0.493 e. The highest BCUT2D eigenvalue weighted by atomic mass is 16.5. The lowest BCUT2D eigenvalue weighted by atomic mass is 10.2. The second kappa shape index (κ2) is 7.11. The molecule has 1 amide bonds. The number of benzene rings is 1. The van der Waals surface area contributed by atoms with Crippen LogP contribution in [0.3, 0.4) is 0 Å². The molecule has 0 unspecified atom stereocenters. The third-order valence-electron chi connectivity index (χ3n) is 3.28. The molecule has 1 aliphatic carbocycles. The molecule has 0 radical (unpaired) electrons. The van der Waals surface area contributed by atoms with E-state index in [9.17, 15) is 4.79 Å². The van der Waals surface area contributed by atoms with Gasteiger partial charge in [0.1, 0.15) is 0 Å². The molecule has 0 bridgehead atoms. The molecule has 0 heterocycles. The molecule has 0 saturated carbocycles. The van der Waals surface area contributed by atoms with Gasteiger partial charge in [0.05, 0.1) is 18.9 Å². The van der Waals surface area contributed by atoms with Gasteiger partial charge in [-0.1, -0.05) is 5.57 Å². The fraction of sp³-hybridized carbons (Fsp3) is 0.412. The normalized spacial score (nSPS) is 15.9. The van der Waals surface area contributed by atoms with Crippen LogP contribution < -0.4 is 14.9 Å². The molecule has 1 aromatic rings. The molecule has 5 heteroatoms. The molecule has 1 aliphatic rings. The van der Waals surface area contributed by atoms with Crippen molar-refractivity contribution in [2.45, 2.75) is 39.7 Å². The van der Waals surface area contributed by atoms with E-state index in [0.29, 0.717) is 17.1 Å². The number of hydrazone groups is 1. The van der Waals surface area contributed by atoms with Crippen molar-refractivity contribution < 1.29 is 14.3 Å². The average molecular weight is 302 g/mol. The van der Waals surface area contributed by atoms with Gasteiger partial charge in [0.15, 0.2) is 11.5 Å². The molecule has 0 atom stereocenters. The van der Waals surface area contributed by atoms with Crippen molar-refractivity contribution in [1.82, 2.24) is 5.43 Å². The fourth-order valence-electron chi connectivity index (χ4n) is 2.19. The van der Waals surface area contributed by atoms with Crippen LogP contribution in [-0.2, 0) is 0 Å². The van der Waals surface area contributed by atoms with E-state index in [-0.39, 0.29) is 12.0 Å². The summed E-state index contributed by atoms with van der Waals surface area (Å²) in [5, 5.41) is 4.14. The van der Waals surface area contributed by atoms with Gasteiger partial charge in [-0.2, -0.15) is 5.10 Å². The van der Waals surface area contributed by atoms with Crippen molar-refractivity contribution in [3.05, 3.63) is 35.4 Å². The minimum Gasteiger partial charge on any atom is -0.493 e. The Morgan fingerprint density at radius 2 is 2.05 bits per heavy atom. The standard InChI is InChI=1S/C17H22N2O3/c1-11(2)22-15-8-6-13(10-16(15)21-4)17(20)19-18-14-7-5-12(3)9-14/h6,8-11H,5,7H2,1-4H3,(H,19,20)/b18-14-. The SMILES string of the molecule is COc1cc(C(=O)N/N=C2\C=C(C)CC2)ccc1OC(C)C. The monoisotopic (exact) mass is 302 g/mol. The number of allylic oxidation sites excluding steroid dienone is 2. The third-order valence-corrected chi connectivity index (χ3v) is 3.28. The molecule has 0 aliphatic heterocycles. The topological polar surface area (TPSA) is 59.9 Å². The van der Waals surface area contributed by atoms with Crippen LogP contribution >= 0.6 is 0 Å². The Kier molecular flexibility index (Phi) is 5.20. The van der Waals surface area contributed by atoms with Crippen LogP contribution in [0, 0.1) is 0 Å². The molecular weight excluding hydrogens is 280 g/mol. The fourth-order valence-corrected chi connectivity index (χ4v) is 2.19. The zero-order valence-corrected chi connectivity index (χ0v) is 13.5. The van der Waals surface area contributed by atoms with E-state index in [1.807, 2.05) is 19.9 Å². The molecule has 0 saturated heterocycles. The molecule has 5 nitrogen and oxygen atoms in total. The van der Waals surface area contributed by atoms with Gasteiger partial charge in [0.2, 0.25) is 0 Å². The smallest absolute Gasteiger partial charge is 0.271 e. The first-order valence-corrected chi connectivity index (χ1v) is 7.38. The molecule has 1 aromatic carbocycles. The van der Waals surface area contributed by atoms with Gasteiger partial charge >= 0.3 is 0 Å². The van der Waals surface area contributed by atoms with Crippen LogP contribution in [0.2, 0.25) is 0 Å². The summed E-state index contributed by atoms with van der Waals surface area (Å²) in [6.07, 6.45) is 3.92. The Balaban J connectivity index is 2.10. The number of hydrogen-bond acceptors (Lipinski definition) is 4. The van der Waals surface area contributed by atoms with Crippen molar-refractivity contribution in [3.8, 4) is 11.5 Å². The Bertz CT molecular complexity index is 618. The van der Waals surface area contributed by atoms with Gasteiger partial charge in [0.25, 0.3) is 5.91 Å². The molecule has 1 N–H and O–H groups in total. The number of carbonyl (C=O) groups is 1. The number of nitrogens with zero attached hydrogens (tertiary/aromatic N) is 1. The van der Waals surface area contributed by atoms with Gasteiger partial charge in [-0.05, 0) is 57.9 Å². The lowest BCUT2D eigenvalue weighted by Crippen LogP contribution is -2.19. The summed E-state index contributed by atoms with van der Waals surface area (Å²) < 4.78 is 10.9. The number of amides is 1. The molecular formula is C17H22N2O3. The number of nitrogens with one attached hydrogen (secondary N) is 1. The molecule has 0 aromatic heterocycles. The van der Waals surface area contributed by atoms with E-state index in [1.165, 1.54) is 5.57 Å². The summed E-state index contributed by atoms with van der Waals surface area (Å²) in [5.41, 5.74) is 5.25. The highest BCUT2D eigenvalue weighted by Crippen LogP contribution is 2.29. The zero-order chi connectivity index (χ0) is 16.1. The highest BCUT2D eigenvalue weighted by molar-refractivity contribution is 6.00. The maximum absolute atomic E-state index is 12.1. The molecule has 22 heavy (non-hydrogen) atoms. The van der Waals surface area contributed by atoms with Crippen LogP contribution in [0.25, 0.3) is 0 Å². The third kappa shape index (κ3) is 4.10. The van der Waals surface area contributed by atoms with Gasteiger partial charge < -0.3 is 9.47 Å². The summed E-state index contributed by atoms with van der Waals surface area (Å²) >= 11 is 0. The maximum Gasteiger partial charge on any atom is 0.271 e. The van der Waals surface area contributed by atoms with Gasteiger partial charge in [-0.3, -0.25) is 4.79 Å². The molecule has 118 valence electrons. The Labute approximate surface area is 131 Å². The molecule has 0 fully saturated rings. The predicted octanol–water partition coefficient (Wildman–Crippen LogP) is 3.31. The Hall–Kier alpha value is -2.30. The molecule has 0 spiro atoms. The number of rotatable bonds is 5. The summed E-state index contributed by atoms with van der Waals surface area (Å²) in [5.74, 6) is 0.889. The quantitative estimate of drug-likeness (QED) is 0.849. The first-order chi connectivity index (χ1) is 10.5. The van der Waals surface area contributed by atoms with Gasteiger partial charge in [-0.15, -0.1) is 0 Å². The van der Waals surface area contributed by atoms with Crippen LogP contribution in [0.4, 0.5) is 0 Å². The second-order valence-electron chi connectivity index (χ2n) is 5.57. The van der Waals surface area contributed by atoms with Crippen molar-refractivity contribution >= 4 is 11.6 Å². The van der Waals surface area contributed by atoms with E-state index in [0.717, 1.165) is 18.6 Å². The number of carbonyl (C=O) groups excluding carboxylic acids is 1. The highest BCUT2D eigenvalue weighted by Gasteiger charge is 2.13. The summed E-state index contributed by atoms with van der Waals surface area (Å²) in [6.45, 7) is 5.93. The predicted molar refractivity (Wildman–Crippen MR) is 86.7 cm³/mol. The average Bonchev–Trinajstić information content (AvgIpc) is 2.90. The first kappa shape index (κ1) is 16.1. The summed E-state index contributed by atoms with van der Waals surface area (Å²) in [7, 11) is 1.55. The van der Waals surface area contributed by atoms with E-state index >= 15 is 0 Å². The van der Waals surface area contributed by atoms with Crippen molar-refractivity contribution in [1.29, 1.82) is 0 Å². The second-order valence-corrected chi connectivity index (χ2v) is 5.57. The van der Waals surface area contributed by atoms with E-state index in [2.05, 4.69) is 17.5 Å². The van der Waals surface area contributed by atoms with Crippen molar-refractivity contribution in [3.63, 3.8) is 0 Å². The number of methoxy groups -OCH3 is 1. The van der Waals surface area contributed by atoms with E-state index in [1.54, 1.807) is 25.3 Å². The summed E-state index contributed by atoms with van der Waals surface area (Å²) in [6, 6.07) is 5.09. The molecule has 2 rings (SSSR count). The Morgan fingerprint density at radius 3 is 2.64 bits per heavy atom. The first-order valence-electron chi connectivity index (χ1n) is 7.38. The Morgan fingerprint density at radius 1 is 1.27 bits per heavy atom.